The number of hydrogen-bond donors (Lipinski definition) is 0. The van der Waals surface area contributed by atoms with Crippen LogP contribution in [0.15, 0.2) is 76.6 Å². The molecule has 26 heavy (non-hydrogen) atoms. The molecule has 6 heteroatoms. The Bertz CT molecular complexity index is 1020. The van der Waals surface area contributed by atoms with Crippen molar-refractivity contribution in [1.29, 1.82) is 0 Å². The molecule has 6 nitrogen and oxygen atoms in total. The van der Waals surface area contributed by atoms with Crippen LogP contribution in [-0.4, -0.2) is 20.3 Å². The van der Waals surface area contributed by atoms with Gasteiger partial charge in [-0.15, -0.1) is 0 Å². The first kappa shape index (κ1) is 17.5. The standard InChI is InChI=1S/C20H20N4O2/c1-2-13-24-19(25)12-11-17(22-24)20(26)21-18-10-6-7-14-23(18)15-16-8-4-3-5-9-16/h3-12,14H,2,13,15H2,1H3. The summed E-state index contributed by atoms with van der Waals surface area (Å²) in [7, 11) is 0. The highest BCUT2D eigenvalue weighted by atomic mass is 16.2. The fourth-order valence-electron chi connectivity index (χ4n) is 2.58. The number of amides is 1. The van der Waals surface area contributed by atoms with Crippen LogP contribution in [0.2, 0.25) is 0 Å². The second-order valence-corrected chi connectivity index (χ2v) is 5.87. The Morgan fingerprint density at radius 2 is 1.81 bits per heavy atom. The third-order valence-electron chi connectivity index (χ3n) is 3.85. The molecule has 1 aromatic carbocycles. The molecule has 2 heterocycles. The minimum atomic E-state index is -0.470. The molecule has 0 fully saturated rings. The Hall–Kier alpha value is -3.28. The molecule has 0 aliphatic heterocycles. The molecule has 2 aromatic heterocycles. The second kappa shape index (κ2) is 8.20. The van der Waals surface area contributed by atoms with Gasteiger partial charge in [0.15, 0.2) is 5.69 Å². The van der Waals surface area contributed by atoms with E-state index in [-0.39, 0.29) is 11.3 Å². The highest BCUT2D eigenvalue weighted by Crippen LogP contribution is 2.01. The van der Waals surface area contributed by atoms with Crippen LogP contribution >= 0.6 is 0 Å². The van der Waals surface area contributed by atoms with Crippen molar-refractivity contribution in [3.8, 4) is 0 Å². The number of carbonyl (C=O) groups is 1. The number of hydrogen-bond acceptors (Lipinski definition) is 3. The van der Waals surface area contributed by atoms with Gasteiger partial charge in [-0.3, -0.25) is 9.59 Å². The van der Waals surface area contributed by atoms with Crippen molar-refractivity contribution in [3.05, 3.63) is 94.0 Å². The van der Waals surface area contributed by atoms with Gasteiger partial charge in [-0.1, -0.05) is 43.3 Å². The Kier molecular flexibility index (Phi) is 5.53. The van der Waals surface area contributed by atoms with Crippen LogP contribution < -0.4 is 11.0 Å². The van der Waals surface area contributed by atoms with E-state index in [4.69, 9.17) is 0 Å². The molecule has 1 amide bonds. The number of rotatable bonds is 5. The highest BCUT2D eigenvalue weighted by Gasteiger charge is 2.09. The molecule has 0 N–H and O–H groups in total. The van der Waals surface area contributed by atoms with E-state index in [9.17, 15) is 9.59 Å². The first-order valence-electron chi connectivity index (χ1n) is 8.54. The summed E-state index contributed by atoms with van der Waals surface area (Å²) in [6.45, 7) is 3.03. The summed E-state index contributed by atoms with van der Waals surface area (Å²) in [4.78, 5) is 28.5. The summed E-state index contributed by atoms with van der Waals surface area (Å²) >= 11 is 0. The zero-order chi connectivity index (χ0) is 18.4. The summed E-state index contributed by atoms with van der Waals surface area (Å²) in [5.74, 6) is -0.470. The normalized spacial score (nSPS) is 11.5. The van der Waals surface area contributed by atoms with Gasteiger partial charge in [0.25, 0.3) is 11.5 Å². The molecule has 0 radical (unpaired) electrons. The van der Waals surface area contributed by atoms with Crippen molar-refractivity contribution in [3.63, 3.8) is 0 Å². The molecule has 3 aromatic rings. The van der Waals surface area contributed by atoms with Crippen molar-refractivity contribution in [2.45, 2.75) is 26.4 Å². The maximum Gasteiger partial charge on any atom is 0.299 e. The van der Waals surface area contributed by atoms with E-state index in [2.05, 4.69) is 10.1 Å². The number of nitrogens with zero attached hydrogens (tertiary/aromatic N) is 4. The van der Waals surface area contributed by atoms with E-state index in [0.29, 0.717) is 18.6 Å². The van der Waals surface area contributed by atoms with Crippen molar-refractivity contribution in [2.24, 2.45) is 4.99 Å². The Labute approximate surface area is 151 Å². The van der Waals surface area contributed by atoms with Gasteiger partial charge in [0.1, 0.15) is 5.49 Å². The van der Waals surface area contributed by atoms with E-state index in [1.165, 1.54) is 16.8 Å². The number of benzene rings is 1. The maximum atomic E-state index is 12.5. The van der Waals surface area contributed by atoms with Gasteiger partial charge in [-0.25, -0.2) is 4.68 Å². The Morgan fingerprint density at radius 3 is 2.58 bits per heavy atom. The quantitative estimate of drug-likeness (QED) is 0.710. The van der Waals surface area contributed by atoms with Crippen LogP contribution in [0.25, 0.3) is 0 Å². The van der Waals surface area contributed by atoms with Crippen LogP contribution in [0, 0.1) is 0 Å². The van der Waals surface area contributed by atoms with Crippen LogP contribution in [0.1, 0.15) is 29.4 Å². The van der Waals surface area contributed by atoms with Crippen molar-refractivity contribution in [2.75, 3.05) is 0 Å². The molecule has 0 aliphatic carbocycles. The lowest BCUT2D eigenvalue weighted by Gasteiger charge is -2.07. The summed E-state index contributed by atoms with van der Waals surface area (Å²) in [6, 6.07) is 18.2. The number of carbonyl (C=O) groups excluding carboxylic acids is 1. The predicted molar refractivity (Wildman–Crippen MR) is 98.7 cm³/mol. The summed E-state index contributed by atoms with van der Waals surface area (Å²) in [5, 5.41) is 4.12. The zero-order valence-electron chi connectivity index (χ0n) is 14.6. The average Bonchev–Trinajstić information content (AvgIpc) is 2.66. The van der Waals surface area contributed by atoms with Crippen molar-refractivity contribution >= 4 is 5.91 Å². The number of pyridine rings is 1. The van der Waals surface area contributed by atoms with Gasteiger partial charge in [0, 0.05) is 25.4 Å². The summed E-state index contributed by atoms with van der Waals surface area (Å²) < 4.78 is 3.20. The van der Waals surface area contributed by atoms with Crippen molar-refractivity contribution in [1.82, 2.24) is 14.3 Å². The average molecular weight is 348 g/mol. The smallest absolute Gasteiger partial charge is 0.299 e. The highest BCUT2D eigenvalue weighted by molar-refractivity contribution is 5.92. The number of aryl methyl sites for hydroxylation is 1. The number of aromatic nitrogens is 3. The third kappa shape index (κ3) is 4.22. The van der Waals surface area contributed by atoms with Crippen LogP contribution in [-0.2, 0) is 13.1 Å². The molecule has 0 unspecified atom stereocenters. The fourth-order valence-corrected chi connectivity index (χ4v) is 2.58. The molecule has 0 bridgehead atoms. The van der Waals surface area contributed by atoms with E-state index in [1.54, 1.807) is 6.07 Å². The molecule has 0 saturated heterocycles. The van der Waals surface area contributed by atoms with E-state index >= 15 is 0 Å². The van der Waals surface area contributed by atoms with Gasteiger partial charge in [0.2, 0.25) is 0 Å². The molecular formula is C20H20N4O2. The lowest BCUT2D eigenvalue weighted by Crippen LogP contribution is -2.25. The van der Waals surface area contributed by atoms with E-state index < -0.39 is 5.91 Å². The largest absolute Gasteiger partial charge is 0.328 e. The molecule has 0 spiro atoms. The fraction of sp³-hybridized carbons (Fsp3) is 0.200. The van der Waals surface area contributed by atoms with Gasteiger partial charge >= 0.3 is 0 Å². The molecule has 3 rings (SSSR count). The summed E-state index contributed by atoms with van der Waals surface area (Å²) in [6.07, 6.45) is 2.64. The molecule has 0 saturated carbocycles. The van der Waals surface area contributed by atoms with Crippen LogP contribution in [0.3, 0.4) is 0 Å². The monoisotopic (exact) mass is 348 g/mol. The lowest BCUT2D eigenvalue weighted by atomic mass is 10.2. The van der Waals surface area contributed by atoms with E-state index in [0.717, 1.165) is 12.0 Å². The second-order valence-electron chi connectivity index (χ2n) is 5.87. The SMILES string of the molecule is CCCn1nc(C(=O)N=c2ccccn2Cc2ccccc2)ccc1=O. The van der Waals surface area contributed by atoms with Gasteiger partial charge < -0.3 is 4.57 Å². The molecule has 0 aliphatic rings. The van der Waals surface area contributed by atoms with Crippen LogP contribution in [0.5, 0.6) is 0 Å². The third-order valence-corrected chi connectivity index (χ3v) is 3.85. The van der Waals surface area contributed by atoms with Gasteiger partial charge in [-0.2, -0.15) is 10.1 Å². The van der Waals surface area contributed by atoms with E-state index in [1.807, 2.05) is 60.2 Å². The molecule has 0 atom stereocenters. The van der Waals surface area contributed by atoms with Gasteiger partial charge in [-0.05, 0) is 30.2 Å². The minimum Gasteiger partial charge on any atom is -0.328 e. The topological polar surface area (TPSA) is 69.2 Å². The van der Waals surface area contributed by atoms with Crippen LogP contribution in [0.4, 0.5) is 0 Å². The zero-order valence-corrected chi connectivity index (χ0v) is 14.6. The summed E-state index contributed by atoms with van der Waals surface area (Å²) in [5.41, 5.74) is 1.59. The first-order chi connectivity index (χ1) is 12.7. The molecular weight excluding hydrogens is 328 g/mol. The predicted octanol–water partition coefficient (Wildman–Crippen LogP) is 2.24. The van der Waals surface area contributed by atoms with Gasteiger partial charge in [0.05, 0.1) is 0 Å². The first-order valence-corrected chi connectivity index (χ1v) is 8.54. The minimum absolute atomic E-state index is 0.160. The Balaban J connectivity index is 1.94. The maximum absolute atomic E-state index is 12.5. The molecule has 132 valence electrons. The lowest BCUT2D eigenvalue weighted by molar-refractivity contribution is 0.0990. The van der Waals surface area contributed by atoms with Crippen molar-refractivity contribution < 1.29 is 4.79 Å². The Morgan fingerprint density at radius 1 is 1.04 bits per heavy atom.